The van der Waals surface area contributed by atoms with Crippen molar-refractivity contribution in [3.8, 4) is 17.2 Å². The van der Waals surface area contributed by atoms with E-state index in [0.717, 1.165) is 30.0 Å². The van der Waals surface area contributed by atoms with Gasteiger partial charge in [0.15, 0.2) is 0 Å². The molecule has 1 aliphatic heterocycles. The number of rotatable bonds is 6. The molecule has 0 saturated heterocycles. The molecular weight excluding hydrogens is 642 g/mol. The number of aromatic nitrogens is 2. The van der Waals surface area contributed by atoms with Gasteiger partial charge in [-0.2, -0.15) is 0 Å². The van der Waals surface area contributed by atoms with Crippen LogP contribution in [0.15, 0.2) is 45.7 Å². The van der Waals surface area contributed by atoms with Crippen molar-refractivity contribution in [1.29, 1.82) is 0 Å². The Hall–Kier alpha value is -3.95. The van der Waals surface area contributed by atoms with Crippen LogP contribution in [-0.4, -0.2) is 51.9 Å². The molecule has 1 aliphatic carbocycles. The first-order valence-electron chi connectivity index (χ1n) is 14.3. The van der Waals surface area contributed by atoms with Gasteiger partial charge in [-0.1, -0.05) is 18.6 Å². The van der Waals surface area contributed by atoms with Crippen LogP contribution in [0.2, 0.25) is 0 Å². The number of alkyl halides is 5. The summed E-state index contributed by atoms with van der Waals surface area (Å²) in [5, 5.41) is 10.2. The fraction of sp³-hybridized carbons (Fsp3) is 0.467. The van der Waals surface area contributed by atoms with E-state index < -0.39 is 53.4 Å². The van der Waals surface area contributed by atoms with Crippen molar-refractivity contribution in [3.63, 3.8) is 0 Å². The molecule has 16 heteroatoms. The number of amides is 2. The van der Waals surface area contributed by atoms with Crippen LogP contribution in [0.3, 0.4) is 0 Å². The third-order valence-electron chi connectivity index (χ3n) is 7.23. The summed E-state index contributed by atoms with van der Waals surface area (Å²) in [7, 11) is 0. The Morgan fingerprint density at radius 2 is 1.85 bits per heavy atom. The summed E-state index contributed by atoms with van der Waals surface area (Å²) in [5.74, 6) is -7.00. The second kappa shape index (κ2) is 12.7. The van der Waals surface area contributed by atoms with Gasteiger partial charge in [-0.05, 0) is 63.4 Å². The predicted molar refractivity (Wildman–Crippen MR) is 154 cm³/mol. The number of benzene rings is 2. The summed E-state index contributed by atoms with van der Waals surface area (Å²) in [4.78, 5) is 28.0. The third-order valence-corrected chi connectivity index (χ3v) is 8.37. The quantitative estimate of drug-likeness (QED) is 0.267. The maximum atomic E-state index is 15.5. The SMILES string of the molecule is CC(C)(C)OC(=O)N[C@H]1CSc2cc(F)c(-c3nnc(C4CCCCC4(F)F)o3)cc2N(Cc2ccc(OC(F)(F)F)cc2)C1=O. The molecule has 1 unspecified atom stereocenters. The zero-order chi connectivity index (χ0) is 33.4. The zero-order valence-corrected chi connectivity index (χ0v) is 25.7. The summed E-state index contributed by atoms with van der Waals surface area (Å²) in [6.07, 6.45) is -5.08. The van der Waals surface area contributed by atoms with Gasteiger partial charge in [0.2, 0.25) is 5.89 Å². The molecule has 2 aromatic carbocycles. The summed E-state index contributed by atoms with van der Waals surface area (Å²) < 4.78 is 97.5. The minimum absolute atomic E-state index is 0.0137. The van der Waals surface area contributed by atoms with E-state index in [0.29, 0.717) is 23.3 Å². The van der Waals surface area contributed by atoms with Gasteiger partial charge in [-0.25, -0.2) is 18.0 Å². The molecule has 0 radical (unpaired) electrons. The van der Waals surface area contributed by atoms with E-state index in [-0.39, 0.29) is 48.2 Å². The number of ether oxygens (including phenoxy) is 2. The van der Waals surface area contributed by atoms with Crippen LogP contribution in [0.5, 0.6) is 5.75 Å². The van der Waals surface area contributed by atoms with Crippen LogP contribution >= 0.6 is 11.8 Å². The normalized spacial score (nSPS) is 20.1. The van der Waals surface area contributed by atoms with Gasteiger partial charge >= 0.3 is 12.5 Å². The zero-order valence-electron chi connectivity index (χ0n) is 24.9. The monoisotopic (exact) mass is 672 g/mol. The van der Waals surface area contributed by atoms with Gasteiger partial charge in [-0.15, -0.1) is 35.1 Å². The lowest BCUT2D eigenvalue weighted by Crippen LogP contribution is -2.50. The van der Waals surface area contributed by atoms with Gasteiger partial charge in [0.05, 0.1) is 17.8 Å². The van der Waals surface area contributed by atoms with Gasteiger partial charge in [0.1, 0.15) is 29.1 Å². The number of fused-ring (bicyclic) bond motifs is 1. The van der Waals surface area contributed by atoms with Crippen LogP contribution in [-0.2, 0) is 16.1 Å². The number of nitrogens with zero attached hydrogens (tertiary/aromatic N) is 3. The lowest BCUT2D eigenvalue weighted by atomic mass is 9.85. The number of carbonyl (C=O) groups excluding carboxylic acids is 2. The molecule has 2 amide bonds. The molecule has 0 bridgehead atoms. The second-order valence-electron chi connectivity index (χ2n) is 11.9. The highest BCUT2D eigenvalue weighted by Crippen LogP contribution is 2.45. The van der Waals surface area contributed by atoms with Crippen LogP contribution in [0.4, 0.5) is 36.8 Å². The number of hydrogen-bond acceptors (Lipinski definition) is 8. The van der Waals surface area contributed by atoms with Crippen molar-refractivity contribution in [2.75, 3.05) is 10.7 Å². The molecule has 1 N–H and O–H groups in total. The first-order chi connectivity index (χ1) is 21.5. The molecule has 0 spiro atoms. The molecule has 2 atom stereocenters. The van der Waals surface area contributed by atoms with E-state index >= 15 is 4.39 Å². The highest BCUT2D eigenvalue weighted by Gasteiger charge is 2.45. The fourth-order valence-corrected chi connectivity index (χ4v) is 6.24. The van der Waals surface area contributed by atoms with Crippen molar-refractivity contribution >= 4 is 29.4 Å². The molecule has 2 aliphatic rings. The Bertz CT molecular complexity index is 1590. The average Bonchev–Trinajstić information content (AvgIpc) is 3.38. The van der Waals surface area contributed by atoms with E-state index in [9.17, 15) is 31.5 Å². The summed E-state index contributed by atoms with van der Waals surface area (Å²) >= 11 is 1.07. The Kier molecular flexibility index (Phi) is 9.21. The Morgan fingerprint density at radius 1 is 1.13 bits per heavy atom. The largest absolute Gasteiger partial charge is 0.573 e. The lowest BCUT2D eigenvalue weighted by molar-refractivity contribution is -0.274. The maximum absolute atomic E-state index is 15.5. The van der Waals surface area contributed by atoms with Crippen molar-refractivity contribution in [2.45, 2.75) is 87.7 Å². The average molecular weight is 673 g/mol. The standard InChI is InChI=1S/C30H30F6N4O5S/c1-28(2,3)45-27(42)37-21-15-46-23-13-20(31)18(24-38-39-25(43-24)19-6-4-5-11-29(19,32)33)12-22(23)40(26(21)41)14-16-7-9-17(10-8-16)44-30(34,35)36/h7-10,12-13,19,21H,4-6,11,14-15H2,1-3H3,(H,37,42)/t19?,21-/m0/s1. The molecule has 1 aromatic heterocycles. The predicted octanol–water partition coefficient (Wildman–Crippen LogP) is 7.60. The minimum atomic E-state index is -4.90. The molecular formula is C30H30F6N4O5S. The second-order valence-corrected chi connectivity index (χ2v) is 13.0. The highest BCUT2D eigenvalue weighted by atomic mass is 32.2. The van der Waals surface area contributed by atoms with Crippen molar-refractivity contribution in [3.05, 3.63) is 53.7 Å². The van der Waals surface area contributed by atoms with E-state index in [1.165, 1.54) is 23.1 Å². The van der Waals surface area contributed by atoms with E-state index in [1.54, 1.807) is 20.8 Å². The van der Waals surface area contributed by atoms with E-state index in [2.05, 4.69) is 20.3 Å². The number of nitrogens with one attached hydrogen (secondary N) is 1. The van der Waals surface area contributed by atoms with Crippen molar-refractivity contribution < 1.29 is 49.8 Å². The molecule has 5 rings (SSSR count). The topological polar surface area (TPSA) is 107 Å². The van der Waals surface area contributed by atoms with Gasteiger partial charge in [-0.3, -0.25) is 4.79 Å². The van der Waals surface area contributed by atoms with Crippen LogP contribution < -0.4 is 15.0 Å². The Balaban J connectivity index is 1.50. The highest BCUT2D eigenvalue weighted by molar-refractivity contribution is 7.99. The number of hydrogen-bond donors (Lipinski definition) is 1. The smallest absolute Gasteiger partial charge is 0.444 e. The van der Waals surface area contributed by atoms with Gasteiger partial charge in [0.25, 0.3) is 17.7 Å². The van der Waals surface area contributed by atoms with Gasteiger partial charge < -0.3 is 24.1 Å². The Morgan fingerprint density at radius 3 is 2.50 bits per heavy atom. The number of anilines is 1. The van der Waals surface area contributed by atoms with Crippen LogP contribution in [0.25, 0.3) is 11.5 Å². The molecule has 2 heterocycles. The molecule has 3 aromatic rings. The molecule has 1 fully saturated rings. The molecule has 46 heavy (non-hydrogen) atoms. The number of halogens is 6. The van der Waals surface area contributed by atoms with Crippen LogP contribution in [0, 0.1) is 5.82 Å². The molecule has 248 valence electrons. The van der Waals surface area contributed by atoms with E-state index in [1.807, 2.05) is 0 Å². The number of thioether (sulfide) groups is 1. The first-order valence-corrected chi connectivity index (χ1v) is 15.3. The van der Waals surface area contributed by atoms with E-state index in [4.69, 9.17) is 9.15 Å². The fourth-order valence-electron chi connectivity index (χ4n) is 5.16. The molecule has 9 nitrogen and oxygen atoms in total. The summed E-state index contributed by atoms with van der Waals surface area (Å²) in [5.41, 5.74) is -0.570. The van der Waals surface area contributed by atoms with Crippen LogP contribution in [0.1, 0.15) is 63.8 Å². The summed E-state index contributed by atoms with van der Waals surface area (Å²) in [6.45, 7) is 4.73. The van der Waals surface area contributed by atoms with Crippen molar-refractivity contribution in [2.24, 2.45) is 0 Å². The minimum Gasteiger partial charge on any atom is -0.444 e. The van der Waals surface area contributed by atoms with Gasteiger partial charge in [0, 0.05) is 17.1 Å². The number of carbonyl (C=O) groups is 2. The molecule has 1 saturated carbocycles. The number of alkyl carbamates (subject to hydrolysis) is 1. The van der Waals surface area contributed by atoms with Crippen molar-refractivity contribution in [1.82, 2.24) is 15.5 Å². The maximum Gasteiger partial charge on any atom is 0.573 e. The summed E-state index contributed by atoms with van der Waals surface area (Å²) in [6, 6.07) is 6.05. The lowest BCUT2D eigenvalue weighted by Gasteiger charge is -2.28. The third kappa shape index (κ3) is 7.88. The first kappa shape index (κ1) is 33.4. The Labute approximate surface area is 264 Å².